The summed E-state index contributed by atoms with van der Waals surface area (Å²) in [5.41, 5.74) is 0.833. The number of hydrogen-bond donors (Lipinski definition) is 1. The smallest absolute Gasteiger partial charge is 0.305 e. The van der Waals surface area contributed by atoms with E-state index in [-0.39, 0.29) is 12.6 Å². The van der Waals surface area contributed by atoms with Gasteiger partial charge in [-0.15, -0.1) is 11.3 Å². The second-order valence-corrected chi connectivity index (χ2v) is 3.41. The molecular formula is C8H11NO3S. The lowest BCUT2D eigenvalue weighted by Crippen LogP contribution is -2.02. The minimum absolute atomic E-state index is 0.0388. The van der Waals surface area contributed by atoms with Gasteiger partial charge in [0.15, 0.2) is 0 Å². The summed E-state index contributed by atoms with van der Waals surface area (Å²) in [6, 6.07) is 0. The number of rotatable bonds is 4. The molecular weight excluding hydrogens is 190 g/mol. The summed E-state index contributed by atoms with van der Waals surface area (Å²) in [5, 5.41) is 11.3. The van der Waals surface area contributed by atoms with Crippen LogP contribution in [0.3, 0.4) is 0 Å². The van der Waals surface area contributed by atoms with E-state index >= 15 is 0 Å². The molecule has 0 aliphatic rings. The number of thiazole rings is 1. The number of hydrogen-bond acceptors (Lipinski definition) is 5. The van der Waals surface area contributed by atoms with Gasteiger partial charge in [0.2, 0.25) is 0 Å². The number of aliphatic hydroxyl groups excluding tert-OH is 1. The minimum Gasteiger partial charge on any atom is -0.469 e. The molecule has 0 saturated carbocycles. The molecule has 0 aliphatic carbocycles. The summed E-state index contributed by atoms with van der Waals surface area (Å²) < 4.78 is 4.49. The standard InChI is InChI=1S/C8H11NO3S/c1-12-8(11)3-2-6-5-13-7(4-10)9-6/h5,10H,2-4H2,1H3. The predicted molar refractivity (Wildman–Crippen MR) is 48.4 cm³/mol. The van der Waals surface area contributed by atoms with Crippen LogP contribution in [0.2, 0.25) is 0 Å². The largest absolute Gasteiger partial charge is 0.469 e. The number of methoxy groups -OCH3 is 1. The number of aliphatic hydroxyl groups is 1. The van der Waals surface area contributed by atoms with E-state index in [2.05, 4.69) is 9.72 Å². The summed E-state index contributed by atoms with van der Waals surface area (Å²) in [4.78, 5) is 14.9. The molecule has 1 rings (SSSR count). The normalized spacial score (nSPS) is 10.0. The molecule has 1 aromatic rings. The maximum atomic E-state index is 10.8. The molecule has 13 heavy (non-hydrogen) atoms. The zero-order valence-electron chi connectivity index (χ0n) is 7.32. The lowest BCUT2D eigenvalue weighted by Gasteiger charge is -1.95. The van der Waals surface area contributed by atoms with Crippen LogP contribution >= 0.6 is 11.3 Å². The molecule has 0 unspecified atom stereocenters. The van der Waals surface area contributed by atoms with Gasteiger partial charge < -0.3 is 9.84 Å². The van der Waals surface area contributed by atoms with E-state index in [1.807, 2.05) is 5.38 Å². The van der Waals surface area contributed by atoms with Crippen LogP contribution < -0.4 is 0 Å². The summed E-state index contributed by atoms with van der Waals surface area (Å²) in [7, 11) is 1.36. The maximum Gasteiger partial charge on any atom is 0.305 e. The van der Waals surface area contributed by atoms with Crippen LogP contribution in [0.1, 0.15) is 17.1 Å². The van der Waals surface area contributed by atoms with Crippen LogP contribution in [0, 0.1) is 0 Å². The number of carbonyl (C=O) groups excluding carboxylic acids is 1. The third-order valence-electron chi connectivity index (χ3n) is 1.55. The third kappa shape index (κ3) is 3.12. The van der Waals surface area contributed by atoms with E-state index < -0.39 is 0 Å². The highest BCUT2D eigenvalue weighted by Gasteiger charge is 2.04. The van der Waals surface area contributed by atoms with Crippen molar-refractivity contribution in [3.63, 3.8) is 0 Å². The number of ether oxygens (including phenoxy) is 1. The Morgan fingerprint density at radius 1 is 1.77 bits per heavy atom. The first-order chi connectivity index (χ1) is 6.26. The number of nitrogens with zero attached hydrogens (tertiary/aromatic N) is 1. The van der Waals surface area contributed by atoms with Gasteiger partial charge in [0.1, 0.15) is 5.01 Å². The van der Waals surface area contributed by atoms with E-state index in [9.17, 15) is 4.79 Å². The average Bonchev–Trinajstić information content (AvgIpc) is 2.61. The Balaban J connectivity index is 2.41. The number of carbonyl (C=O) groups is 1. The van der Waals surface area contributed by atoms with Crippen molar-refractivity contribution < 1.29 is 14.6 Å². The first-order valence-corrected chi connectivity index (χ1v) is 4.75. The van der Waals surface area contributed by atoms with Gasteiger partial charge in [-0.1, -0.05) is 0 Å². The third-order valence-corrected chi connectivity index (χ3v) is 2.43. The molecule has 0 radical (unpaired) electrons. The molecule has 0 bridgehead atoms. The van der Waals surface area contributed by atoms with Crippen molar-refractivity contribution in [2.75, 3.05) is 7.11 Å². The van der Waals surface area contributed by atoms with Crippen LogP contribution in [0.5, 0.6) is 0 Å². The van der Waals surface area contributed by atoms with Crippen molar-refractivity contribution in [2.45, 2.75) is 19.4 Å². The number of esters is 1. The van der Waals surface area contributed by atoms with Crippen molar-refractivity contribution in [2.24, 2.45) is 0 Å². The van der Waals surface area contributed by atoms with Gasteiger partial charge in [-0.2, -0.15) is 0 Å². The Hall–Kier alpha value is -0.940. The van der Waals surface area contributed by atoms with Crippen LogP contribution in [-0.4, -0.2) is 23.2 Å². The molecule has 0 saturated heterocycles. The zero-order chi connectivity index (χ0) is 9.68. The fourth-order valence-electron chi connectivity index (χ4n) is 0.869. The minimum atomic E-state index is -0.237. The van der Waals surface area contributed by atoms with E-state index in [4.69, 9.17) is 5.11 Å². The molecule has 0 amide bonds. The number of aromatic nitrogens is 1. The van der Waals surface area contributed by atoms with Crippen molar-refractivity contribution >= 4 is 17.3 Å². The quantitative estimate of drug-likeness (QED) is 0.730. The first-order valence-electron chi connectivity index (χ1n) is 3.87. The molecule has 5 heteroatoms. The molecule has 1 aromatic heterocycles. The first kappa shape index (κ1) is 10.1. The second kappa shape index (κ2) is 4.94. The summed E-state index contributed by atoms with van der Waals surface area (Å²) in [5.74, 6) is -0.237. The lowest BCUT2D eigenvalue weighted by molar-refractivity contribution is -0.140. The SMILES string of the molecule is COC(=O)CCc1csc(CO)n1. The van der Waals surface area contributed by atoms with Crippen molar-refractivity contribution in [3.05, 3.63) is 16.1 Å². The van der Waals surface area contributed by atoms with Gasteiger partial charge in [0.25, 0.3) is 0 Å². The van der Waals surface area contributed by atoms with Gasteiger partial charge >= 0.3 is 5.97 Å². The fourth-order valence-corrected chi connectivity index (χ4v) is 1.56. The zero-order valence-corrected chi connectivity index (χ0v) is 8.13. The van der Waals surface area contributed by atoms with Crippen LogP contribution in [0.4, 0.5) is 0 Å². The summed E-state index contributed by atoms with van der Waals surface area (Å²) >= 11 is 1.40. The Bertz CT molecular complexity index is 285. The predicted octanol–water partition coefficient (Wildman–Crippen LogP) is 0.741. The van der Waals surface area contributed by atoms with E-state index in [1.165, 1.54) is 18.4 Å². The molecule has 0 aromatic carbocycles. The average molecular weight is 201 g/mol. The maximum absolute atomic E-state index is 10.8. The Morgan fingerprint density at radius 3 is 3.08 bits per heavy atom. The monoisotopic (exact) mass is 201 g/mol. The van der Waals surface area contributed by atoms with Gasteiger partial charge in [-0.3, -0.25) is 4.79 Å². The summed E-state index contributed by atoms with van der Waals surface area (Å²) in [6.45, 7) is -0.0388. The highest BCUT2D eigenvalue weighted by molar-refractivity contribution is 7.09. The van der Waals surface area contributed by atoms with Gasteiger partial charge in [0.05, 0.1) is 25.8 Å². The van der Waals surface area contributed by atoms with Crippen molar-refractivity contribution in [1.29, 1.82) is 0 Å². The topological polar surface area (TPSA) is 59.4 Å². The highest BCUT2D eigenvalue weighted by Crippen LogP contribution is 2.11. The Kier molecular flexibility index (Phi) is 3.85. The van der Waals surface area contributed by atoms with Crippen molar-refractivity contribution in [1.82, 2.24) is 4.98 Å². The van der Waals surface area contributed by atoms with Gasteiger partial charge in [-0.25, -0.2) is 4.98 Å². The Morgan fingerprint density at radius 2 is 2.54 bits per heavy atom. The van der Waals surface area contributed by atoms with Gasteiger partial charge in [0, 0.05) is 11.8 Å². The van der Waals surface area contributed by atoms with Crippen LogP contribution in [-0.2, 0) is 22.6 Å². The van der Waals surface area contributed by atoms with Crippen LogP contribution in [0.25, 0.3) is 0 Å². The van der Waals surface area contributed by atoms with Crippen molar-refractivity contribution in [3.8, 4) is 0 Å². The molecule has 0 atom stereocenters. The number of aryl methyl sites for hydroxylation is 1. The molecule has 72 valence electrons. The molecule has 1 heterocycles. The van der Waals surface area contributed by atoms with Gasteiger partial charge in [-0.05, 0) is 0 Å². The molecule has 0 fully saturated rings. The van der Waals surface area contributed by atoms with E-state index in [0.29, 0.717) is 17.8 Å². The molecule has 4 nitrogen and oxygen atoms in total. The molecule has 0 spiro atoms. The highest BCUT2D eigenvalue weighted by atomic mass is 32.1. The summed E-state index contributed by atoms with van der Waals surface area (Å²) in [6.07, 6.45) is 0.911. The molecule has 1 N–H and O–H groups in total. The lowest BCUT2D eigenvalue weighted by atomic mass is 10.2. The van der Waals surface area contributed by atoms with E-state index in [0.717, 1.165) is 5.69 Å². The van der Waals surface area contributed by atoms with Crippen LogP contribution in [0.15, 0.2) is 5.38 Å². The fraction of sp³-hybridized carbons (Fsp3) is 0.500. The Labute approximate surface area is 80.2 Å². The van der Waals surface area contributed by atoms with E-state index in [1.54, 1.807) is 0 Å². The molecule has 0 aliphatic heterocycles. The second-order valence-electron chi connectivity index (χ2n) is 2.47.